The van der Waals surface area contributed by atoms with E-state index in [0.717, 1.165) is 18.0 Å². The molecular formula is C19H20N4O3. The number of hydrogen-bond donors (Lipinski definition) is 0. The third-order valence-corrected chi connectivity index (χ3v) is 4.50. The number of fused-ring (bicyclic) bond motifs is 1. The molecule has 0 saturated heterocycles. The van der Waals surface area contributed by atoms with Crippen LogP contribution in [0.4, 0.5) is 17.1 Å². The van der Waals surface area contributed by atoms with Crippen LogP contribution in [0.15, 0.2) is 42.5 Å². The van der Waals surface area contributed by atoms with Crippen molar-refractivity contribution in [2.75, 3.05) is 36.5 Å². The van der Waals surface area contributed by atoms with Gasteiger partial charge in [-0.3, -0.25) is 10.1 Å². The van der Waals surface area contributed by atoms with Gasteiger partial charge < -0.3 is 14.5 Å². The Labute approximate surface area is 152 Å². The van der Waals surface area contributed by atoms with E-state index in [1.807, 2.05) is 35.2 Å². The van der Waals surface area contributed by atoms with Gasteiger partial charge in [-0.2, -0.15) is 5.26 Å². The summed E-state index contributed by atoms with van der Waals surface area (Å²) in [5.41, 5.74) is 1.74. The molecule has 1 atom stereocenters. The van der Waals surface area contributed by atoms with Crippen LogP contribution in [0.3, 0.4) is 0 Å². The van der Waals surface area contributed by atoms with Gasteiger partial charge in [0.25, 0.3) is 5.69 Å². The Morgan fingerprint density at radius 3 is 2.85 bits per heavy atom. The number of nitro groups is 1. The third kappa shape index (κ3) is 3.40. The molecular weight excluding hydrogens is 332 g/mol. The first-order chi connectivity index (χ1) is 12.5. The molecule has 2 aromatic rings. The van der Waals surface area contributed by atoms with E-state index >= 15 is 0 Å². The molecule has 0 aromatic heterocycles. The van der Waals surface area contributed by atoms with Crippen LogP contribution in [0.25, 0.3) is 0 Å². The van der Waals surface area contributed by atoms with E-state index in [0.29, 0.717) is 18.8 Å². The predicted octanol–water partition coefficient (Wildman–Crippen LogP) is 3.19. The normalized spacial score (nSPS) is 15.6. The van der Waals surface area contributed by atoms with Gasteiger partial charge in [-0.05, 0) is 31.2 Å². The zero-order valence-corrected chi connectivity index (χ0v) is 14.8. The van der Waals surface area contributed by atoms with Crippen molar-refractivity contribution in [3.05, 3.63) is 58.1 Å². The molecule has 0 bridgehead atoms. The highest BCUT2D eigenvalue weighted by Crippen LogP contribution is 2.34. The molecule has 1 aliphatic rings. The van der Waals surface area contributed by atoms with Crippen molar-refractivity contribution in [2.24, 2.45) is 0 Å². The number of anilines is 2. The fourth-order valence-corrected chi connectivity index (χ4v) is 3.24. The van der Waals surface area contributed by atoms with Crippen molar-refractivity contribution in [3.63, 3.8) is 0 Å². The maximum Gasteiger partial charge on any atom is 0.293 e. The van der Waals surface area contributed by atoms with E-state index in [2.05, 4.69) is 11.8 Å². The minimum absolute atomic E-state index is 0.0740. The average molecular weight is 352 g/mol. The lowest BCUT2D eigenvalue weighted by molar-refractivity contribution is -0.384. The molecule has 0 spiro atoms. The number of ether oxygens (including phenoxy) is 1. The highest BCUT2D eigenvalue weighted by molar-refractivity contribution is 5.66. The van der Waals surface area contributed by atoms with Crippen LogP contribution in [-0.4, -0.2) is 37.7 Å². The molecule has 0 aliphatic carbocycles. The summed E-state index contributed by atoms with van der Waals surface area (Å²) in [6, 6.07) is 14.3. The lowest BCUT2D eigenvalue weighted by Gasteiger charge is -2.37. The number of nitro benzene ring substituents is 1. The lowest BCUT2D eigenvalue weighted by atomic mass is 10.1. The second-order valence-electron chi connectivity index (χ2n) is 6.20. The zero-order valence-electron chi connectivity index (χ0n) is 14.8. The summed E-state index contributed by atoms with van der Waals surface area (Å²) in [5, 5.41) is 20.4. The Bertz CT molecular complexity index is 862. The van der Waals surface area contributed by atoms with Gasteiger partial charge in [0.1, 0.15) is 17.5 Å². The van der Waals surface area contributed by atoms with Crippen molar-refractivity contribution in [1.29, 1.82) is 5.26 Å². The summed E-state index contributed by atoms with van der Waals surface area (Å²) in [6.45, 7) is 4.16. The summed E-state index contributed by atoms with van der Waals surface area (Å²) in [7, 11) is 1.80. The number of hydrogen-bond acceptors (Lipinski definition) is 6. The Kier molecular flexibility index (Phi) is 4.94. The monoisotopic (exact) mass is 352 g/mol. The van der Waals surface area contributed by atoms with Crippen LogP contribution < -0.4 is 14.5 Å². The van der Waals surface area contributed by atoms with Gasteiger partial charge in [-0.1, -0.05) is 12.1 Å². The summed E-state index contributed by atoms with van der Waals surface area (Å²) in [4.78, 5) is 15.0. The van der Waals surface area contributed by atoms with Crippen molar-refractivity contribution < 1.29 is 9.66 Å². The van der Waals surface area contributed by atoms with E-state index in [9.17, 15) is 10.1 Å². The predicted molar refractivity (Wildman–Crippen MR) is 99.8 cm³/mol. The van der Waals surface area contributed by atoms with Crippen LogP contribution in [0.5, 0.6) is 5.75 Å². The second kappa shape index (κ2) is 7.31. The van der Waals surface area contributed by atoms with E-state index in [1.54, 1.807) is 19.2 Å². The molecule has 7 nitrogen and oxygen atoms in total. The van der Waals surface area contributed by atoms with E-state index < -0.39 is 4.92 Å². The quantitative estimate of drug-likeness (QED) is 0.607. The molecule has 2 aromatic carbocycles. The maximum atomic E-state index is 11.4. The summed E-state index contributed by atoms with van der Waals surface area (Å²) < 4.78 is 6.10. The molecule has 26 heavy (non-hydrogen) atoms. The lowest BCUT2D eigenvalue weighted by Crippen LogP contribution is -2.45. The van der Waals surface area contributed by atoms with Crippen LogP contribution in [0.1, 0.15) is 12.5 Å². The first-order valence-electron chi connectivity index (χ1n) is 8.43. The molecule has 1 unspecified atom stereocenters. The molecule has 7 heteroatoms. The topological polar surface area (TPSA) is 82.6 Å². The SMILES string of the molecule is CCN1CC(CN(C)c2ccc(C#N)cc2[N+](=O)[O-])Oc2ccccc21. The Balaban J connectivity index is 1.82. The molecule has 1 aliphatic heterocycles. The zero-order chi connectivity index (χ0) is 18.7. The first-order valence-corrected chi connectivity index (χ1v) is 8.43. The van der Waals surface area contributed by atoms with Gasteiger partial charge in [0.05, 0.1) is 35.3 Å². The molecule has 0 N–H and O–H groups in total. The van der Waals surface area contributed by atoms with Gasteiger partial charge in [-0.25, -0.2) is 0 Å². The smallest absolute Gasteiger partial charge is 0.293 e. The summed E-state index contributed by atoms with van der Waals surface area (Å²) in [5.74, 6) is 0.827. The molecule has 134 valence electrons. The highest BCUT2D eigenvalue weighted by Gasteiger charge is 2.27. The molecule has 3 rings (SSSR count). The van der Waals surface area contributed by atoms with E-state index in [1.165, 1.54) is 6.07 Å². The number of nitrogens with zero attached hydrogens (tertiary/aromatic N) is 4. The standard InChI is InChI=1S/C19H20N4O3/c1-3-22-13-15(26-19-7-5-4-6-17(19)22)12-21(2)16-9-8-14(11-20)10-18(16)23(24)25/h4-10,15H,3,12-13H2,1-2H3. The Hall–Kier alpha value is -3.27. The molecule has 0 amide bonds. The number of nitriles is 1. The van der Waals surface area contributed by atoms with Crippen molar-refractivity contribution >= 4 is 17.1 Å². The van der Waals surface area contributed by atoms with Gasteiger partial charge in [-0.15, -0.1) is 0 Å². The summed E-state index contributed by atoms with van der Waals surface area (Å²) >= 11 is 0. The average Bonchev–Trinajstić information content (AvgIpc) is 2.66. The minimum Gasteiger partial charge on any atom is -0.485 e. The first kappa shape index (κ1) is 17.5. The third-order valence-electron chi connectivity index (χ3n) is 4.50. The molecule has 0 radical (unpaired) electrons. The molecule has 0 saturated carbocycles. The van der Waals surface area contributed by atoms with E-state index in [4.69, 9.17) is 10.00 Å². The number of benzene rings is 2. The van der Waals surface area contributed by atoms with Crippen molar-refractivity contribution in [1.82, 2.24) is 0 Å². The van der Waals surface area contributed by atoms with Crippen LogP contribution in [-0.2, 0) is 0 Å². The van der Waals surface area contributed by atoms with Crippen molar-refractivity contribution in [3.8, 4) is 11.8 Å². The fourth-order valence-electron chi connectivity index (χ4n) is 3.24. The van der Waals surface area contributed by atoms with Crippen LogP contribution in [0.2, 0.25) is 0 Å². The Morgan fingerprint density at radius 1 is 1.38 bits per heavy atom. The second-order valence-corrected chi connectivity index (χ2v) is 6.20. The maximum absolute atomic E-state index is 11.4. The fraction of sp³-hybridized carbons (Fsp3) is 0.316. The molecule has 1 heterocycles. The van der Waals surface area contributed by atoms with Gasteiger partial charge >= 0.3 is 0 Å². The number of likely N-dealkylation sites (N-methyl/N-ethyl adjacent to an activating group) is 2. The van der Waals surface area contributed by atoms with Gasteiger partial charge in [0.15, 0.2) is 0 Å². The Morgan fingerprint density at radius 2 is 2.15 bits per heavy atom. The summed E-state index contributed by atoms with van der Waals surface area (Å²) in [6.07, 6.45) is -0.120. The van der Waals surface area contributed by atoms with Crippen LogP contribution in [0, 0.1) is 21.4 Å². The number of para-hydroxylation sites is 2. The van der Waals surface area contributed by atoms with Gasteiger partial charge in [0, 0.05) is 19.7 Å². The largest absolute Gasteiger partial charge is 0.485 e. The van der Waals surface area contributed by atoms with E-state index in [-0.39, 0.29) is 17.4 Å². The van der Waals surface area contributed by atoms with Crippen molar-refractivity contribution in [2.45, 2.75) is 13.0 Å². The number of rotatable bonds is 5. The molecule has 0 fully saturated rings. The van der Waals surface area contributed by atoms with Gasteiger partial charge in [0.2, 0.25) is 0 Å². The highest BCUT2D eigenvalue weighted by atomic mass is 16.6. The van der Waals surface area contributed by atoms with Crippen LogP contribution >= 0.6 is 0 Å². The minimum atomic E-state index is -0.456.